The van der Waals surface area contributed by atoms with Crippen LogP contribution >= 0.6 is 11.8 Å². The van der Waals surface area contributed by atoms with Gasteiger partial charge in [0.15, 0.2) is 0 Å². The van der Waals surface area contributed by atoms with E-state index in [2.05, 4.69) is 22.5 Å². The van der Waals surface area contributed by atoms with Crippen LogP contribution < -0.4 is 10.6 Å². The molecule has 3 aromatic rings. The number of thioether (sulfide) groups is 1. The second-order valence-electron chi connectivity index (χ2n) is 6.86. The molecule has 0 heterocycles. The first kappa shape index (κ1) is 22.2. The Morgan fingerprint density at radius 2 is 1.52 bits per heavy atom. The van der Waals surface area contributed by atoms with Crippen LogP contribution in [0.3, 0.4) is 0 Å². The molecular formula is C26H24N2O2S. The Bertz CT molecular complexity index is 1070. The normalized spacial score (nSPS) is 11.0. The van der Waals surface area contributed by atoms with Gasteiger partial charge in [0, 0.05) is 22.4 Å². The third kappa shape index (κ3) is 7.06. The summed E-state index contributed by atoms with van der Waals surface area (Å²) in [4.78, 5) is 25.4. The van der Waals surface area contributed by atoms with Crippen LogP contribution in [0.25, 0.3) is 0 Å². The topological polar surface area (TPSA) is 58.2 Å². The average Bonchev–Trinajstić information content (AvgIpc) is 2.81. The molecule has 2 N–H and O–H groups in total. The molecule has 1 unspecified atom stereocenters. The monoisotopic (exact) mass is 428 g/mol. The van der Waals surface area contributed by atoms with Gasteiger partial charge in [-0.25, -0.2) is 0 Å². The smallest absolute Gasteiger partial charge is 0.251 e. The third-order valence-corrected chi connectivity index (χ3v) is 5.17. The molecule has 0 aliphatic rings. The van der Waals surface area contributed by atoms with E-state index in [1.807, 2.05) is 66.9 Å². The summed E-state index contributed by atoms with van der Waals surface area (Å²) in [5.74, 6) is 6.49. The van der Waals surface area contributed by atoms with Crippen molar-refractivity contribution in [3.8, 4) is 11.8 Å². The Morgan fingerprint density at radius 1 is 0.871 bits per heavy atom. The minimum atomic E-state index is -0.626. The first-order chi connectivity index (χ1) is 15.2. The van der Waals surface area contributed by atoms with Gasteiger partial charge >= 0.3 is 0 Å². The molecule has 31 heavy (non-hydrogen) atoms. The second kappa shape index (κ2) is 11.6. The number of benzene rings is 3. The van der Waals surface area contributed by atoms with E-state index in [9.17, 15) is 9.59 Å². The number of amides is 2. The number of carbonyl (C=O) groups excluding carboxylic acids is 2. The van der Waals surface area contributed by atoms with E-state index in [1.165, 1.54) is 0 Å². The highest BCUT2D eigenvalue weighted by atomic mass is 32.2. The molecule has 0 radical (unpaired) electrons. The van der Waals surface area contributed by atoms with Crippen molar-refractivity contribution in [1.29, 1.82) is 0 Å². The molecule has 0 aliphatic carbocycles. The number of nitrogens with one attached hydrogen (secondary N) is 2. The maximum atomic E-state index is 12.9. The summed E-state index contributed by atoms with van der Waals surface area (Å²) in [6.07, 6.45) is 2.52. The van der Waals surface area contributed by atoms with Gasteiger partial charge in [-0.2, -0.15) is 11.8 Å². The summed E-state index contributed by atoms with van der Waals surface area (Å²) < 4.78 is 0. The third-order valence-electron chi connectivity index (χ3n) is 4.52. The standard InChI is InChI=1S/C26H24N2O2S/c1-31-18-17-24(28-25(29)22-12-6-3-7-13-22)26(30)27-23-14-8-11-21(19-23)16-15-20-9-4-2-5-10-20/h2-14,19,24H,17-18H2,1H3,(H,27,30)(H,28,29). The lowest BCUT2D eigenvalue weighted by Crippen LogP contribution is -2.44. The molecule has 156 valence electrons. The quantitative estimate of drug-likeness (QED) is 0.542. The number of hydrogen-bond acceptors (Lipinski definition) is 3. The van der Waals surface area contributed by atoms with E-state index in [-0.39, 0.29) is 11.8 Å². The van der Waals surface area contributed by atoms with Crippen LogP contribution in [0, 0.1) is 11.8 Å². The van der Waals surface area contributed by atoms with E-state index in [4.69, 9.17) is 0 Å². The Morgan fingerprint density at radius 3 is 2.23 bits per heavy atom. The maximum absolute atomic E-state index is 12.9. The van der Waals surface area contributed by atoms with Crippen LogP contribution in [0.4, 0.5) is 5.69 Å². The largest absolute Gasteiger partial charge is 0.340 e. The van der Waals surface area contributed by atoms with Crippen molar-refractivity contribution >= 4 is 29.3 Å². The summed E-state index contributed by atoms with van der Waals surface area (Å²) >= 11 is 1.63. The molecule has 0 bridgehead atoms. The number of rotatable bonds is 7. The fraction of sp³-hybridized carbons (Fsp3) is 0.154. The zero-order valence-electron chi connectivity index (χ0n) is 17.3. The zero-order valence-corrected chi connectivity index (χ0v) is 18.1. The van der Waals surface area contributed by atoms with Crippen molar-refractivity contribution in [2.24, 2.45) is 0 Å². The summed E-state index contributed by atoms with van der Waals surface area (Å²) in [5.41, 5.74) is 2.91. The summed E-state index contributed by atoms with van der Waals surface area (Å²) in [6.45, 7) is 0. The summed E-state index contributed by atoms with van der Waals surface area (Å²) in [7, 11) is 0. The zero-order chi connectivity index (χ0) is 21.9. The van der Waals surface area contributed by atoms with Crippen molar-refractivity contribution in [2.45, 2.75) is 12.5 Å². The first-order valence-corrected chi connectivity index (χ1v) is 11.4. The van der Waals surface area contributed by atoms with Gasteiger partial charge in [-0.3, -0.25) is 9.59 Å². The summed E-state index contributed by atoms with van der Waals surface area (Å²) in [5, 5.41) is 5.77. The predicted octanol–water partition coefficient (Wildman–Crippen LogP) is 4.58. The van der Waals surface area contributed by atoms with Gasteiger partial charge in [-0.1, -0.05) is 54.3 Å². The Hall–Kier alpha value is -3.49. The lowest BCUT2D eigenvalue weighted by molar-refractivity contribution is -0.118. The van der Waals surface area contributed by atoms with Crippen LogP contribution in [0.15, 0.2) is 84.9 Å². The SMILES string of the molecule is CSCCC(NC(=O)c1ccccc1)C(=O)Nc1cccc(C#Cc2ccccc2)c1. The van der Waals surface area contributed by atoms with Crippen LogP contribution in [-0.4, -0.2) is 29.9 Å². The molecule has 4 nitrogen and oxygen atoms in total. The van der Waals surface area contributed by atoms with Gasteiger partial charge in [-0.15, -0.1) is 0 Å². The first-order valence-electron chi connectivity index (χ1n) is 9.98. The van der Waals surface area contributed by atoms with Gasteiger partial charge in [0.25, 0.3) is 5.91 Å². The molecule has 0 spiro atoms. The second-order valence-corrected chi connectivity index (χ2v) is 7.85. The van der Waals surface area contributed by atoms with E-state index in [0.717, 1.165) is 16.9 Å². The summed E-state index contributed by atoms with van der Waals surface area (Å²) in [6, 6.07) is 25.4. The number of anilines is 1. The van der Waals surface area contributed by atoms with Crippen molar-refractivity contribution in [1.82, 2.24) is 5.32 Å². The van der Waals surface area contributed by atoms with E-state index in [1.54, 1.807) is 36.0 Å². The molecule has 0 saturated heterocycles. The molecular weight excluding hydrogens is 404 g/mol. The van der Waals surface area contributed by atoms with Crippen LogP contribution in [0.1, 0.15) is 27.9 Å². The lowest BCUT2D eigenvalue weighted by atomic mass is 10.1. The minimum Gasteiger partial charge on any atom is -0.340 e. The van der Waals surface area contributed by atoms with Gasteiger partial charge < -0.3 is 10.6 Å². The van der Waals surface area contributed by atoms with Crippen molar-refractivity contribution in [3.05, 3.63) is 102 Å². The van der Waals surface area contributed by atoms with Crippen LogP contribution in [0.5, 0.6) is 0 Å². The lowest BCUT2D eigenvalue weighted by Gasteiger charge is -2.18. The molecule has 3 aromatic carbocycles. The van der Waals surface area contributed by atoms with E-state index < -0.39 is 6.04 Å². The van der Waals surface area contributed by atoms with Gasteiger partial charge in [0.2, 0.25) is 5.91 Å². The molecule has 0 saturated carbocycles. The molecule has 0 fully saturated rings. The van der Waals surface area contributed by atoms with Gasteiger partial charge in [-0.05, 0) is 60.9 Å². The molecule has 5 heteroatoms. The average molecular weight is 429 g/mol. The van der Waals surface area contributed by atoms with Crippen molar-refractivity contribution < 1.29 is 9.59 Å². The fourth-order valence-electron chi connectivity index (χ4n) is 2.91. The Balaban J connectivity index is 1.69. The van der Waals surface area contributed by atoms with E-state index >= 15 is 0 Å². The highest BCUT2D eigenvalue weighted by molar-refractivity contribution is 7.98. The molecule has 3 rings (SSSR count). The Kier molecular flexibility index (Phi) is 8.33. The van der Waals surface area contributed by atoms with Crippen molar-refractivity contribution in [2.75, 3.05) is 17.3 Å². The fourth-order valence-corrected chi connectivity index (χ4v) is 3.38. The highest BCUT2D eigenvalue weighted by Crippen LogP contribution is 2.12. The maximum Gasteiger partial charge on any atom is 0.251 e. The molecule has 0 aromatic heterocycles. The number of hydrogen-bond donors (Lipinski definition) is 2. The minimum absolute atomic E-state index is 0.244. The molecule has 0 aliphatic heterocycles. The molecule has 2 amide bonds. The Labute approximate surface area is 187 Å². The van der Waals surface area contributed by atoms with Gasteiger partial charge in [0.05, 0.1) is 0 Å². The van der Waals surface area contributed by atoms with Crippen molar-refractivity contribution in [3.63, 3.8) is 0 Å². The van der Waals surface area contributed by atoms with Gasteiger partial charge in [0.1, 0.15) is 6.04 Å². The number of carbonyl (C=O) groups is 2. The van der Waals surface area contributed by atoms with E-state index in [0.29, 0.717) is 17.7 Å². The predicted molar refractivity (Wildman–Crippen MR) is 128 cm³/mol. The molecule has 1 atom stereocenters. The van der Waals surface area contributed by atoms with Crippen LogP contribution in [-0.2, 0) is 4.79 Å². The van der Waals surface area contributed by atoms with Crippen LogP contribution in [0.2, 0.25) is 0 Å². The highest BCUT2D eigenvalue weighted by Gasteiger charge is 2.21.